The number of quaternary nitrogens is 1. The number of amides is 2. The van der Waals surface area contributed by atoms with Gasteiger partial charge < -0.3 is 15.5 Å². The summed E-state index contributed by atoms with van der Waals surface area (Å²) in [5.74, 6) is 0.107. The van der Waals surface area contributed by atoms with E-state index < -0.39 is 0 Å². The van der Waals surface area contributed by atoms with Crippen LogP contribution in [0.2, 0.25) is 5.02 Å². The number of hydrogen-bond acceptors (Lipinski definition) is 2. The van der Waals surface area contributed by atoms with Crippen molar-refractivity contribution < 1.29 is 14.5 Å². The van der Waals surface area contributed by atoms with Crippen molar-refractivity contribution in [1.29, 1.82) is 0 Å². The Bertz CT molecular complexity index is 621. The Kier molecular flexibility index (Phi) is 5.97. The summed E-state index contributed by atoms with van der Waals surface area (Å²) in [6, 6.07) is 8.02. The third kappa shape index (κ3) is 4.73. The van der Waals surface area contributed by atoms with Crippen LogP contribution in [0.25, 0.3) is 0 Å². The molecule has 2 aliphatic heterocycles. The topological polar surface area (TPSA) is 67.8 Å². The molecule has 0 saturated carbocycles. The van der Waals surface area contributed by atoms with Gasteiger partial charge in [-0.2, -0.15) is 0 Å². The first-order chi connectivity index (χ1) is 12.0. The van der Waals surface area contributed by atoms with Crippen LogP contribution in [0, 0.1) is 11.8 Å². The zero-order valence-electron chi connectivity index (χ0n) is 14.5. The van der Waals surface area contributed by atoms with Gasteiger partial charge in [-0.3, -0.25) is 9.59 Å². The third-order valence-electron chi connectivity index (χ3n) is 5.59. The van der Waals surface area contributed by atoms with E-state index >= 15 is 0 Å². The van der Waals surface area contributed by atoms with E-state index in [2.05, 4.69) is 6.07 Å². The standard InChI is InChI=1S/C19H26ClN3O2/c20-17-3-1-2-14(12-17)13-22-8-4-16(5-9-22)19(25)23-10-6-15(7-11-23)18(21)24/h1-3,12,15-16H,4-11,13H2,(H2,21,24)/p+1. The van der Waals surface area contributed by atoms with Crippen LogP contribution in [0.3, 0.4) is 0 Å². The lowest BCUT2D eigenvalue weighted by atomic mass is 9.91. The fourth-order valence-corrected chi connectivity index (χ4v) is 4.24. The maximum Gasteiger partial charge on any atom is 0.226 e. The molecule has 5 nitrogen and oxygen atoms in total. The van der Waals surface area contributed by atoms with Crippen LogP contribution in [0.1, 0.15) is 31.2 Å². The zero-order valence-corrected chi connectivity index (χ0v) is 15.3. The first-order valence-corrected chi connectivity index (χ1v) is 9.57. The van der Waals surface area contributed by atoms with Crippen LogP contribution in [0.4, 0.5) is 0 Å². The third-order valence-corrected chi connectivity index (χ3v) is 5.83. The van der Waals surface area contributed by atoms with Crippen molar-refractivity contribution in [2.45, 2.75) is 32.2 Å². The summed E-state index contributed by atoms with van der Waals surface area (Å²) in [6.45, 7) is 4.33. The van der Waals surface area contributed by atoms with Gasteiger partial charge in [-0.05, 0) is 25.0 Å². The van der Waals surface area contributed by atoms with Gasteiger partial charge in [0.2, 0.25) is 11.8 Å². The minimum atomic E-state index is -0.231. The first kappa shape index (κ1) is 18.2. The number of benzene rings is 1. The highest BCUT2D eigenvalue weighted by Gasteiger charge is 2.33. The number of piperidine rings is 2. The number of carbonyl (C=O) groups is 2. The Labute approximate surface area is 154 Å². The van der Waals surface area contributed by atoms with Crippen molar-refractivity contribution in [2.24, 2.45) is 17.6 Å². The van der Waals surface area contributed by atoms with Gasteiger partial charge in [0, 0.05) is 48.4 Å². The predicted molar refractivity (Wildman–Crippen MR) is 97.1 cm³/mol. The van der Waals surface area contributed by atoms with Gasteiger partial charge in [0.05, 0.1) is 13.1 Å². The van der Waals surface area contributed by atoms with Gasteiger partial charge in [-0.1, -0.05) is 23.7 Å². The molecule has 1 aromatic rings. The van der Waals surface area contributed by atoms with Gasteiger partial charge in [0.1, 0.15) is 6.54 Å². The minimum Gasteiger partial charge on any atom is -0.369 e. The van der Waals surface area contributed by atoms with Crippen LogP contribution in [0.5, 0.6) is 0 Å². The molecular weight excluding hydrogens is 338 g/mol. The maximum atomic E-state index is 12.7. The fourth-order valence-electron chi connectivity index (χ4n) is 4.03. The average Bonchev–Trinajstić information content (AvgIpc) is 2.62. The Morgan fingerprint density at radius 2 is 1.80 bits per heavy atom. The quantitative estimate of drug-likeness (QED) is 0.832. The highest BCUT2D eigenvalue weighted by molar-refractivity contribution is 6.30. The van der Waals surface area contributed by atoms with Gasteiger partial charge in [0.25, 0.3) is 0 Å². The Hall–Kier alpha value is -1.59. The van der Waals surface area contributed by atoms with Gasteiger partial charge in [0.15, 0.2) is 0 Å². The smallest absolute Gasteiger partial charge is 0.226 e. The highest BCUT2D eigenvalue weighted by atomic mass is 35.5. The number of nitrogens with one attached hydrogen (secondary N) is 1. The number of carbonyl (C=O) groups excluding carboxylic acids is 2. The molecule has 1 aromatic carbocycles. The summed E-state index contributed by atoms with van der Waals surface area (Å²) in [6.07, 6.45) is 3.29. The van der Waals surface area contributed by atoms with Crippen molar-refractivity contribution in [3.8, 4) is 0 Å². The normalized spacial score (nSPS) is 24.9. The number of nitrogens with zero attached hydrogens (tertiary/aromatic N) is 1. The second kappa shape index (κ2) is 8.19. The van der Waals surface area contributed by atoms with Crippen molar-refractivity contribution >= 4 is 23.4 Å². The molecule has 2 amide bonds. The Morgan fingerprint density at radius 3 is 2.40 bits per heavy atom. The molecule has 6 heteroatoms. The number of nitrogens with two attached hydrogens (primary N) is 1. The first-order valence-electron chi connectivity index (χ1n) is 9.19. The number of halogens is 1. The molecule has 2 saturated heterocycles. The number of rotatable bonds is 4. The monoisotopic (exact) mass is 364 g/mol. The lowest BCUT2D eigenvalue weighted by Gasteiger charge is -2.35. The van der Waals surface area contributed by atoms with Crippen molar-refractivity contribution in [3.05, 3.63) is 34.9 Å². The summed E-state index contributed by atoms with van der Waals surface area (Å²) in [5, 5.41) is 0.779. The fraction of sp³-hybridized carbons (Fsp3) is 0.579. The summed E-state index contributed by atoms with van der Waals surface area (Å²) < 4.78 is 0. The summed E-state index contributed by atoms with van der Waals surface area (Å²) in [5.41, 5.74) is 6.62. The zero-order chi connectivity index (χ0) is 17.8. The maximum absolute atomic E-state index is 12.7. The van der Waals surface area contributed by atoms with Crippen molar-refractivity contribution in [3.63, 3.8) is 0 Å². The minimum absolute atomic E-state index is 0.0620. The van der Waals surface area contributed by atoms with Crippen LogP contribution >= 0.6 is 11.6 Å². The lowest BCUT2D eigenvalue weighted by Crippen LogP contribution is -3.11. The molecule has 0 spiro atoms. The molecule has 0 aromatic heterocycles. The molecule has 136 valence electrons. The van der Waals surface area contributed by atoms with Gasteiger partial charge in [-0.15, -0.1) is 0 Å². The van der Waals surface area contributed by atoms with Crippen LogP contribution < -0.4 is 10.6 Å². The van der Waals surface area contributed by atoms with Crippen LogP contribution in [-0.4, -0.2) is 42.9 Å². The molecule has 0 aliphatic carbocycles. The lowest BCUT2D eigenvalue weighted by molar-refractivity contribution is -0.919. The molecule has 3 N–H and O–H groups in total. The van der Waals surface area contributed by atoms with Crippen molar-refractivity contribution in [2.75, 3.05) is 26.2 Å². The van der Waals surface area contributed by atoms with E-state index in [-0.39, 0.29) is 23.7 Å². The second-order valence-electron chi connectivity index (χ2n) is 7.33. The van der Waals surface area contributed by atoms with E-state index in [0.29, 0.717) is 25.9 Å². The van der Waals surface area contributed by atoms with E-state index in [4.69, 9.17) is 17.3 Å². The Balaban J connectivity index is 1.46. The van der Waals surface area contributed by atoms with E-state index in [9.17, 15) is 9.59 Å². The van der Waals surface area contributed by atoms with Gasteiger partial charge >= 0.3 is 0 Å². The molecule has 2 aliphatic rings. The summed E-state index contributed by atoms with van der Waals surface area (Å²) >= 11 is 6.05. The molecule has 25 heavy (non-hydrogen) atoms. The van der Waals surface area contributed by atoms with E-state index in [1.807, 2.05) is 23.1 Å². The van der Waals surface area contributed by atoms with Gasteiger partial charge in [-0.25, -0.2) is 0 Å². The summed E-state index contributed by atoms with van der Waals surface area (Å²) in [7, 11) is 0. The number of primary amides is 1. The van der Waals surface area contributed by atoms with Crippen molar-refractivity contribution in [1.82, 2.24) is 4.90 Å². The second-order valence-corrected chi connectivity index (χ2v) is 7.77. The van der Waals surface area contributed by atoms with E-state index in [1.54, 1.807) is 0 Å². The molecule has 3 rings (SSSR count). The molecule has 2 heterocycles. The van der Waals surface area contributed by atoms with Crippen LogP contribution in [-0.2, 0) is 16.1 Å². The van der Waals surface area contributed by atoms with E-state index in [0.717, 1.165) is 37.5 Å². The molecule has 0 unspecified atom stereocenters. The highest BCUT2D eigenvalue weighted by Crippen LogP contribution is 2.21. The molecule has 0 atom stereocenters. The van der Waals surface area contributed by atoms with E-state index in [1.165, 1.54) is 10.5 Å². The molecule has 2 fully saturated rings. The Morgan fingerprint density at radius 1 is 1.12 bits per heavy atom. The number of hydrogen-bond donors (Lipinski definition) is 2. The molecule has 0 bridgehead atoms. The molecule has 0 radical (unpaired) electrons. The SMILES string of the molecule is NC(=O)C1CCN(C(=O)C2CC[NH+](Cc3cccc(Cl)c3)CC2)CC1. The predicted octanol–water partition coefficient (Wildman–Crippen LogP) is 0.859. The average molecular weight is 365 g/mol. The van der Waals surface area contributed by atoms with Crippen LogP contribution in [0.15, 0.2) is 24.3 Å². The number of likely N-dealkylation sites (tertiary alicyclic amines) is 2. The molecular formula is C19H27ClN3O2+. The summed E-state index contributed by atoms with van der Waals surface area (Å²) in [4.78, 5) is 27.4. The largest absolute Gasteiger partial charge is 0.369 e.